The van der Waals surface area contributed by atoms with Crippen LogP contribution >= 0.6 is 0 Å². The molecule has 0 N–H and O–H groups in total. The molecule has 42 valence electrons. The third-order valence-corrected chi connectivity index (χ3v) is 0. The number of rotatable bonds is 0. The fourth-order valence-electron chi connectivity index (χ4n) is 0. The second kappa shape index (κ2) is 147. The minimum atomic E-state index is 0. The zero-order chi connectivity index (χ0) is 2.00. The zero-order valence-electron chi connectivity index (χ0n) is 3.45. The van der Waals surface area contributed by atoms with E-state index in [1.165, 1.54) is 0 Å². The third-order valence-electron chi connectivity index (χ3n) is 0. The first kappa shape index (κ1) is 91.1. The molecule has 4 nitrogen and oxygen atoms in total. The molecule has 0 saturated carbocycles. The second-order valence-electron chi connectivity index (χ2n) is 0. The smallest absolute Gasteiger partial charge is 4.00 e. The van der Waals surface area contributed by atoms with Crippen LogP contribution in [-0.2, 0) is 75.0 Å². The molecule has 0 aromatic rings. The largest absolute Gasteiger partial charge is 4.00 e. The molecule has 0 aromatic carbocycles. The minimum absolute atomic E-state index is 0. The summed E-state index contributed by atoms with van der Waals surface area (Å²) in [6.07, 6.45) is 0. The Labute approximate surface area is 91.6 Å². The minimum Gasteiger partial charge on any atom is 4.00 e. The van der Waals surface area contributed by atoms with E-state index in [-0.39, 0.29) is 72.9 Å². The van der Waals surface area contributed by atoms with Crippen LogP contribution < -0.4 is 0 Å². The molecule has 8 heavy (non-hydrogen) atoms. The van der Waals surface area contributed by atoms with E-state index in [1.807, 2.05) is 0 Å². The van der Waals surface area contributed by atoms with Gasteiger partial charge in [-0.2, -0.15) is 0 Å². The summed E-state index contributed by atoms with van der Waals surface area (Å²) in [5.41, 5.74) is 0. The molecule has 0 aliphatic heterocycles. The van der Waals surface area contributed by atoms with E-state index in [1.54, 1.807) is 0 Å². The Balaban J connectivity index is -0.000000000333. The van der Waals surface area contributed by atoms with Crippen LogP contribution in [0, 0.1) is 0 Å². The molecule has 0 amide bonds. The van der Waals surface area contributed by atoms with Crippen molar-refractivity contribution in [1.82, 2.24) is 0 Å². The van der Waals surface area contributed by atoms with Crippen LogP contribution in [0.4, 0.5) is 0 Å². The molecule has 0 atom stereocenters. The van der Waals surface area contributed by atoms with E-state index in [2.05, 4.69) is 15.7 Å². The van der Waals surface area contributed by atoms with Gasteiger partial charge in [-0.25, -0.2) is 0 Å². The van der Waals surface area contributed by atoms with E-state index in [0.29, 0.717) is 0 Å². The first-order chi connectivity index (χ1) is 1.00. The van der Waals surface area contributed by atoms with Gasteiger partial charge in [-0.05, 0) is 0 Å². The van der Waals surface area contributed by atoms with Gasteiger partial charge in [0.05, 0.1) is 0 Å². The molecule has 1 radical (unpaired) electrons. The third kappa shape index (κ3) is 100. The summed E-state index contributed by atoms with van der Waals surface area (Å²) in [5, 5.41) is 0. The molecule has 0 spiro atoms. The SMILES string of the molecule is [Al+3].[Cr+3].[O-2].[O-2].[O-2].[O]=[Co].[Ti+4]. The molecule has 0 saturated heterocycles. The van der Waals surface area contributed by atoms with E-state index >= 15 is 0 Å². The van der Waals surface area contributed by atoms with Crippen molar-refractivity contribution in [2.24, 2.45) is 0 Å². The van der Waals surface area contributed by atoms with Gasteiger partial charge in [0.15, 0.2) is 0 Å². The molecule has 0 fully saturated rings. The number of hydrogen-bond acceptors (Lipinski definition) is 1. The van der Waals surface area contributed by atoms with Crippen molar-refractivity contribution in [1.29, 1.82) is 0 Å². The molecular weight excluding hydrogens is 250 g/mol. The van der Waals surface area contributed by atoms with Crippen molar-refractivity contribution in [2.75, 3.05) is 0 Å². The molecule has 0 aliphatic carbocycles. The Morgan fingerprint density at radius 1 is 0.875 bits per heavy atom. The molecular formula is AlCoCrO4Ti+4. The maximum absolute atomic E-state index is 7.94. The predicted molar refractivity (Wildman–Crippen MR) is 8.50 cm³/mol. The van der Waals surface area contributed by atoms with Gasteiger partial charge < -0.3 is 16.4 Å². The van der Waals surface area contributed by atoms with E-state index < -0.39 is 0 Å². The van der Waals surface area contributed by atoms with Crippen LogP contribution in [0.3, 0.4) is 0 Å². The monoisotopic (exact) mass is 250 g/mol. The van der Waals surface area contributed by atoms with Gasteiger partial charge in [-0.3, -0.25) is 0 Å². The Morgan fingerprint density at radius 3 is 0.875 bits per heavy atom. The van der Waals surface area contributed by atoms with E-state index in [4.69, 9.17) is 3.87 Å². The van der Waals surface area contributed by atoms with Gasteiger partial charge in [0.1, 0.15) is 0 Å². The fraction of sp³-hybridized carbons (Fsp3) is 0. The topological polar surface area (TPSA) is 103 Å². The van der Waals surface area contributed by atoms with E-state index in [9.17, 15) is 0 Å². The van der Waals surface area contributed by atoms with Crippen molar-refractivity contribution < 1.29 is 75.0 Å². The Bertz CT molecular complexity index is 16.0. The van der Waals surface area contributed by atoms with Crippen molar-refractivity contribution in [3.05, 3.63) is 0 Å². The normalized spacial score (nSPS) is 0.625. The Kier molecular flexibility index (Phi) is 1680. The molecule has 0 aromatic heterocycles. The zero-order valence-corrected chi connectivity index (χ0v) is 8.48. The van der Waals surface area contributed by atoms with Crippen LogP contribution in [0.2, 0.25) is 0 Å². The summed E-state index contributed by atoms with van der Waals surface area (Å²) in [4.78, 5) is 0. The van der Waals surface area contributed by atoms with Crippen LogP contribution in [0.5, 0.6) is 0 Å². The summed E-state index contributed by atoms with van der Waals surface area (Å²) in [7, 11) is 0. The quantitative estimate of drug-likeness (QED) is 0.512. The summed E-state index contributed by atoms with van der Waals surface area (Å²) in [6.45, 7) is 0. The maximum Gasteiger partial charge on any atom is 4.00 e. The van der Waals surface area contributed by atoms with Crippen molar-refractivity contribution in [3.63, 3.8) is 0 Å². The molecule has 8 heteroatoms. The molecule has 0 unspecified atom stereocenters. The van der Waals surface area contributed by atoms with Crippen molar-refractivity contribution >= 4 is 17.4 Å². The summed E-state index contributed by atoms with van der Waals surface area (Å²) >= 11 is 2.31. The van der Waals surface area contributed by atoms with Gasteiger partial charge in [-0.15, -0.1) is 0 Å². The van der Waals surface area contributed by atoms with Gasteiger partial charge >= 0.3 is 76.0 Å². The molecule has 0 aliphatic rings. The Morgan fingerprint density at radius 2 is 0.875 bits per heavy atom. The first-order valence-electron chi connectivity index (χ1n) is 0.136. The van der Waals surface area contributed by atoms with Gasteiger partial charge in [0.25, 0.3) is 0 Å². The maximum atomic E-state index is 7.94. The molecule has 0 bridgehead atoms. The van der Waals surface area contributed by atoms with Crippen LogP contribution in [0.25, 0.3) is 0 Å². The first-order valence-corrected chi connectivity index (χ1v) is 0.561. The fourth-order valence-corrected chi connectivity index (χ4v) is 0. The van der Waals surface area contributed by atoms with Gasteiger partial charge in [0.2, 0.25) is 0 Å². The average Bonchev–Trinajstić information content (AvgIpc) is 1.00. The van der Waals surface area contributed by atoms with Gasteiger partial charge in [-0.1, -0.05) is 0 Å². The predicted octanol–water partition coefficient (Wildman–Crippen LogP) is -0.863. The summed E-state index contributed by atoms with van der Waals surface area (Å²) in [5.74, 6) is 0. The van der Waals surface area contributed by atoms with Crippen LogP contribution in [0.15, 0.2) is 0 Å². The van der Waals surface area contributed by atoms with E-state index in [0.717, 1.165) is 0 Å². The standard InChI is InChI=1S/Al.Co.Cr.4O.Ti/q+3;;+3;;3*-2;+4. The van der Waals surface area contributed by atoms with Crippen molar-refractivity contribution in [2.45, 2.75) is 0 Å². The van der Waals surface area contributed by atoms with Crippen molar-refractivity contribution in [3.8, 4) is 0 Å². The average molecular weight is 250 g/mol. The van der Waals surface area contributed by atoms with Crippen LogP contribution in [0.1, 0.15) is 0 Å². The Hall–Kier alpha value is 1.97. The summed E-state index contributed by atoms with van der Waals surface area (Å²) in [6, 6.07) is 0. The summed E-state index contributed by atoms with van der Waals surface area (Å²) < 4.78 is 7.94. The van der Waals surface area contributed by atoms with Crippen LogP contribution in [-0.4, -0.2) is 17.4 Å². The molecule has 0 heterocycles. The second-order valence-corrected chi connectivity index (χ2v) is 0. The van der Waals surface area contributed by atoms with Gasteiger partial charge in [0, 0.05) is 0 Å². The number of hydrogen-bond donors (Lipinski definition) is 0. The molecule has 0 rings (SSSR count).